The first-order valence-corrected chi connectivity index (χ1v) is 8.03. The van der Waals surface area contributed by atoms with Gasteiger partial charge in [0.2, 0.25) is 11.6 Å². The van der Waals surface area contributed by atoms with Gasteiger partial charge in [0.05, 0.1) is 6.61 Å². The summed E-state index contributed by atoms with van der Waals surface area (Å²) in [7, 11) is 0. The number of hydrogen-bond donors (Lipinski definition) is 0. The summed E-state index contributed by atoms with van der Waals surface area (Å²) in [6.45, 7) is 2.75. The van der Waals surface area contributed by atoms with Crippen molar-refractivity contribution in [2.45, 2.75) is 51.9 Å². The zero-order valence-electron chi connectivity index (χ0n) is 12.8. The molecule has 1 aliphatic carbocycles. The van der Waals surface area contributed by atoms with E-state index in [4.69, 9.17) is 4.74 Å². The molecule has 0 bridgehead atoms. The summed E-state index contributed by atoms with van der Waals surface area (Å²) in [6.07, 6.45) is 7.07. The average Bonchev–Trinajstić information content (AvgIpc) is 2.55. The number of carbonyl (C=O) groups is 2. The number of Topliss-reactive ketones (excluding diaryl/α,β-unsaturated/α-hetero) is 2. The van der Waals surface area contributed by atoms with Crippen LogP contribution >= 0.6 is 0 Å². The van der Waals surface area contributed by atoms with Gasteiger partial charge in [0.25, 0.3) is 0 Å². The monoisotopic (exact) mass is 288 g/mol. The highest BCUT2D eigenvalue weighted by Crippen LogP contribution is 2.26. The van der Waals surface area contributed by atoms with Gasteiger partial charge in [-0.2, -0.15) is 0 Å². The van der Waals surface area contributed by atoms with Crippen molar-refractivity contribution >= 4 is 11.6 Å². The van der Waals surface area contributed by atoms with Crippen LogP contribution in [0.25, 0.3) is 0 Å². The van der Waals surface area contributed by atoms with E-state index in [9.17, 15) is 9.59 Å². The zero-order valence-corrected chi connectivity index (χ0v) is 12.8. The predicted molar refractivity (Wildman–Crippen MR) is 82.8 cm³/mol. The Morgan fingerprint density at radius 1 is 1.19 bits per heavy atom. The van der Waals surface area contributed by atoms with E-state index in [0.29, 0.717) is 17.9 Å². The summed E-state index contributed by atoms with van der Waals surface area (Å²) in [5, 5.41) is 0. The summed E-state index contributed by atoms with van der Waals surface area (Å²) >= 11 is 0. The number of ether oxygens (including phenoxy) is 1. The van der Waals surface area contributed by atoms with Gasteiger partial charge in [0.1, 0.15) is 5.75 Å². The zero-order chi connectivity index (χ0) is 15.1. The standard InChI is InChI=1S/C18H24O3/c1-2-3-12-21-16-11-7-10-15(13-16)18(20)17(19)14-8-5-4-6-9-14/h7,10-11,13-14H,2-6,8-9,12H2,1H3. The Balaban J connectivity index is 2.00. The van der Waals surface area contributed by atoms with E-state index in [1.165, 1.54) is 6.42 Å². The van der Waals surface area contributed by atoms with Crippen LogP contribution in [0.2, 0.25) is 0 Å². The molecule has 1 aromatic carbocycles. The minimum atomic E-state index is -0.358. The Morgan fingerprint density at radius 2 is 1.95 bits per heavy atom. The fourth-order valence-corrected chi connectivity index (χ4v) is 2.75. The summed E-state index contributed by atoms with van der Waals surface area (Å²) in [5.41, 5.74) is 0.458. The van der Waals surface area contributed by atoms with Gasteiger partial charge in [-0.15, -0.1) is 0 Å². The van der Waals surface area contributed by atoms with Gasteiger partial charge in [-0.05, 0) is 31.4 Å². The van der Waals surface area contributed by atoms with Crippen LogP contribution in [0.5, 0.6) is 5.75 Å². The topological polar surface area (TPSA) is 43.4 Å². The van der Waals surface area contributed by atoms with Crippen LogP contribution in [0.1, 0.15) is 62.2 Å². The molecule has 3 nitrogen and oxygen atoms in total. The molecule has 0 heterocycles. The molecule has 1 saturated carbocycles. The lowest BCUT2D eigenvalue weighted by atomic mass is 9.84. The maximum absolute atomic E-state index is 12.3. The van der Waals surface area contributed by atoms with Crippen molar-refractivity contribution in [2.24, 2.45) is 5.92 Å². The fraction of sp³-hybridized carbons (Fsp3) is 0.556. The first-order chi connectivity index (χ1) is 10.2. The number of rotatable bonds is 7. The van der Waals surface area contributed by atoms with Gasteiger partial charge in [-0.1, -0.05) is 44.7 Å². The smallest absolute Gasteiger partial charge is 0.228 e. The van der Waals surface area contributed by atoms with E-state index in [1.807, 2.05) is 6.07 Å². The minimum Gasteiger partial charge on any atom is -0.494 e. The van der Waals surface area contributed by atoms with Crippen molar-refractivity contribution in [2.75, 3.05) is 6.61 Å². The van der Waals surface area contributed by atoms with E-state index < -0.39 is 0 Å². The van der Waals surface area contributed by atoms with Crippen LogP contribution in [0, 0.1) is 5.92 Å². The molecule has 0 radical (unpaired) electrons. The quantitative estimate of drug-likeness (QED) is 0.429. The predicted octanol–water partition coefficient (Wildman–Crippen LogP) is 4.20. The number of carbonyl (C=O) groups excluding carboxylic acids is 2. The molecule has 1 aliphatic rings. The van der Waals surface area contributed by atoms with Crippen molar-refractivity contribution in [3.63, 3.8) is 0 Å². The summed E-state index contributed by atoms with van der Waals surface area (Å²) in [6, 6.07) is 7.01. The summed E-state index contributed by atoms with van der Waals surface area (Å²) < 4.78 is 5.60. The molecule has 114 valence electrons. The fourth-order valence-electron chi connectivity index (χ4n) is 2.75. The highest BCUT2D eigenvalue weighted by Gasteiger charge is 2.27. The molecular weight excluding hydrogens is 264 g/mol. The van der Waals surface area contributed by atoms with Gasteiger partial charge in [-0.3, -0.25) is 9.59 Å². The van der Waals surface area contributed by atoms with Crippen molar-refractivity contribution < 1.29 is 14.3 Å². The molecular formula is C18H24O3. The van der Waals surface area contributed by atoms with E-state index in [0.717, 1.165) is 38.5 Å². The van der Waals surface area contributed by atoms with Crippen LogP contribution in [0.15, 0.2) is 24.3 Å². The van der Waals surface area contributed by atoms with Crippen molar-refractivity contribution in [1.82, 2.24) is 0 Å². The number of unbranched alkanes of at least 4 members (excludes halogenated alkanes) is 1. The van der Waals surface area contributed by atoms with Crippen molar-refractivity contribution in [1.29, 1.82) is 0 Å². The SMILES string of the molecule is CCCCOc1cccc(C(=O)C(=O)C2CCCCC2)c1. The van der Waals surface area contributed by atoms with Gasteiger partial charge < -0.3 is 4.74 Å². The molecule has 21 heavy (non-hydrogen) atoms. The molecule has 0 unspecified atom stereocenters. The number of benzene rings is 1. The maximum atomic E-state index is 12.3. The first-order valence-electron chi connectivity index (χ1n) is 8.03. The molecule has 3 heteroatoms. The molecule has 1 fully saturated rings. The van der Waals surface area contributed by atoms with E-state index in [2.05, 4.69) is 6.92 Å². The van der Waals surface area contributed by atoms with Crippen LogP contribution in [0.3, 0.4) is 0 Å². The Kier molecular flexibility index (Phi) is 5.97. The van der Waals surface area contributed by atoms with Crippen LogP contribution in [-0.4, -0.2) is 18.2 Å². The Bertz CT molecular complexity index is 487. The minimum absolute atomic E-state index is 0.0732. The Hall–Kier alpha value is -1.64. The lowest BCUT2D eigenvalue weighted by molar-refractivity contribution is -0.119. The lowest BCUT2D eigenvalue weighted by Crippen LogP contribution is -2.25. The first kappa shape index (κ1) is 15.7. The highest BCUT2D eigenvalue weighted by molar-refractivity contribution is 6.44. The third-order valence-electron chi connectivity index (χ3n) is 4.06. The summed E-state index contributed by atoms with van der Waals surface area (Å²) in [5.74, 6) is 0.0184. The average molecular weight is 288 g/mol. The molecule has 0 aromatic heterocycles. The Morgan fingerprint density at radius 3 is 2.67 bits per heavy atom. The molecule has 0 spiro atoms. The third kappa shape index (κ3) is 4.42. The second kappa shape index (κ2) is 7.96. The molecule has 0 aliphatic heterocycles. The lowest BCUT2D eigenvalue weighted by Gasteiger charge is -2.19. The third-order valence-corrected chi connectivity index (χ3v) is 4.06. The van der Waals surface area contributed by atoms with Crippen LogP contribution in [-0.2, 0) is 4.79 Å². The van der Waals surface area contributed by atoms with Gasteiger partial charge >= 0.3 is 0 Å². The molecule has 0 atom stereocenters. The van der Waals surface area contributed by atoms with Crippen LogP contribution in [0.4, 0.5) is 0 Å². The van der Waals surface area contributed by atoms with E-state index in [1.54, 1.807) is 18.2 Å². The van der Waals surface area contributed by atoms with Crippen LogP contribution < -0.4 is 4.74 Å². The van der Waals surface area contributed by atoms with E-state index >= 15 is 0 Å². The highest BCUT2D eigenvalue weighted by atomic mass is 16.5. The molecule has 2 rings (SSSR count). The number of hydrogen-bond acceptors (Lipinski definition) is 3. The molecule has 0 amide bonds. The largest absolute Gasteiger partial charge is 0.494 e. The van der Waals surface area contributed by atoms with Gasteiger partial charge in [0, 0.05) is 11.5 Å². The van der Waals surface area contributed by atoms with E-state index in [-0.39, 0.29) is 17.5 Å². The van der Waals surface area contributed by atoms with Crippen molar-refractivity contribution in [3.8, 4) is 5.75 Å². The van der Waals surface area contributed by atoms with Crippen molar-refractivity contribution in [3.05, 3.63) is 29.8 Å². The summed E-state index contributed by atoms with van der Waals surface area (Å²) in [4.78, 5) is 24.6. The second-order valence-electron chi connectivity index (χ2n) is 5.76. The maximum Gasteiger partial charge on any atom is 0.228 e. The molecule has 0 N–H and O–H groups in total. The molecule has 1 aromatic rings. The van der Waals surface area contributed by atoms with Gasteiger partial charge in [-0.25, -0.2) is 0 Å². The Labute approximate surface area is 126 Å². The van der Waals surface area contributed by atoms with Gasteiger partial charge in [0.15, 0.2) is 0 Å². The normalized spacial score (nSPS) is 15.7. The second-order valence-corrected chi connectivity index (χ2v) is 5.76. The molecule has 0 saturated heterocycles. The number of ketones is 2.